The maximum absolute atomic E-state index is 12.7. The van der Waals surface area contributed by atoms with Crippen LogP contribution in [0.3, 0.4) is 0 Å². The van der Waals surface area contributed by atoms with E-state index in [0.717, 1.165) is 41.9 Å². The maximum Gasteiger partial charge on any atom is 0.317 e. The molecule has 0 radical (unpaired) electrons. The second-order valence-corrected chi connectivity index (χ2v) is 7.72. The number of carbonyl (C=O) groups is 2. The van der Waals surface area contributed by atoms with Crippen molar-refractivity contribution in [1.82, 2.24) is 9.91 Å². The molecule has 0 aromatic heterocycles. The first-order valence-electron chi connectivity index (χ1n) is 10.4. The number of anilines is 1. The zero-order chi connectivity index (χ0) is 21.6. The van der Waals surface area contributed by atoms with Gasteiger partial charge in [-0.05, 0) is 47.4 Å². The quantitative estimate of drug-likeness (QED) is 0.692. The number of aliphatic carboxylic acids is 1. The molecule has 0 atom stereocenters. The van der Waals surface area contributed by atoms with Crippen molar-refractivity contribution < 1.29 is 19.4 Å². The average Bonchev–Trinajstić information content (AvgIpc) is 2.78. The predicted molar refractivity (Wildman–Crippen MR) is 117 cm³/mol. The molecule has 0 aliphatic carbocycles. The summed E-state index contributed by atoms with van der Waals surface area (Å²) in [6.45, 7) is 4.30. The Kier molecular flexibility index (Phi) is 6.59. The molecule has 162 valence electrons. The predicted octanol–water partition coefficient (Wildman–Crippen LogP) is 2.05. The molecule has 2 aliphatic rings. The van der Waals surface area contributed by atoms with Gasteiger partial charge >= 0.3 is 5.97 Å². The zero-order valence-electron chi connectivity index (χ0n) is 17.3. The smallest absolute Gasteiger partial charge is 0.317 e. The lowest BCUT2D eigenvalue weighted by Crippen LogP contribution is -2.34. The standard InChI is InChI=1S/C23H26N4O4/c28-22(29)16-26-8-7-18-13-19(3-4-20(18)15-26)23(30)25-21-5-1-17(2-6-21)14-24-27-9-11-31-12-10-27/h1-6,13-14H,7-12,15-16H2,(H,25,30)(H,28,29). The minimum Gasteiger partial charge on any atom is -0.480 e. The molecule has 0 unspecified atom stereocenters. The first-order valence-corrected chi connectivity index (χ1v) is 10.4. The largest absolute Gasteiger partial charge is 0.480 e. The first-order chi connectivity index (χ1) is 15.1. The van der Waals surface area contributed by atoms with E-state index in [1.54, 1.807) is 6.07 Å². The second kappa shape index (κ2) is 9.72. The highest BCUT2D eigenvalue weighted by molar-refractivity contribution is 6.04. The Morgan fingerprint density at radius 1 is 1.06 bits per heavy atom. The zero-order valence-corrected chi connectivity index (χ0v) is 17.3. The van der Waals surface area contributed by atoms with E-state index >= 15 is 0 Å². The molecule has 2 N–H and O–H groups in total. The van der Waals surface area contributed by atoms with Crippen molar-refractivity contribution in [1.29, 1.82) is 0 Å². The number of morpholine rings is 1. The summed E-state index contributed by atoms with van der Waals surface area (Å²) in [5.41, 5.74) is 4.46. The van der Waals surface area contributed by atoms with Crippen LogP contribution in [-0.4, -0.2) is 72.5 Å². The monoisotopic (exact) mass is 422 g/mol. The number of ether oxygens (including phenoxy) is 1. The number of hydrogen-bond donors (Lipinski definition) is 2. The molecule has 2 aromatic rings. The van der Waals surface area contributed by atoms with Crippen LogP contribution in [0.25, 0.3) is 0 Å². The number of hydrazone groups is 1. The van der Waals surface area contributed by atoms with E-state index < -0.39 is 5.97 Å². The van der Waals surface area contributed by atoms with Crippen LogP contribution in [-0.2, 0) is 22.5 Å². The molecular formula is C23H26N4O4. The van der Waals surface area contributed by atoms with Crippen LogP contribution in [0.5, 0.6) is 0 Å². The highest BCUT2D eigenvalue weighted by Crippen LogP contribution is 2.21. The summed E-state index contributed by atoms with van der Waals surface area (Å²) in [7, 11) is 0. The minimum atomic E-state index is -0.821. The van der Waals surface area contributed by atoms with Gasteiger partial charge in [0.2, 0.25) is 0 Å². The molecule has 8 heteroatoms. The molecule has 1 saturated heterocycles. The van der Waals surface area contributed by atoms with Gasteiger partial charge in [0.15, 0.2) is 0 Å². The SMILES string of the molecule is O=C(O)CN1CCc2cc(C(=O)Nc3ccc(C=NN4CCOCC4)cc3)ccc2C1. The van der Waals surface area contributed by atoms with E-state index in [1.807, 2.05) is 52.5 Å². The van der Waals surface area contributed by atoms with Gasteiger partial charge in [0, 0.05) is 24.3 Å². The maximum atomic E-state index is 12.7. The number of hydrogen-bond acceptors (Lipinski definition) is 6. The van der Waals surface area contributed by atoms with Crippen molar-refractivity contribution in [3.63, 3.8) is 0 Å². The topological polar surface area (TPSA) is 94.5 Å². The van der Waals surface area contributed by atoms with Crippen LogP contribution in [0.2, 0.25) is 0 Å². The number of benzene rings is 2. The van der Waals surface area contributed by atoms with Crippen LogP contribution >= 0.6 is 0 Å². The summed E-state index contributed by atoms with van der Waals surface area (Å²) in [6, 6.07) is 13.2. The summed E-state index contributed by atoms with van der Waals surface area (Å²) >= 11 is 0. The Labute approximate surface area is 181 Å². The number of carboxylic acids is 1. The first kappa shape index (κ1) is 21.0. The number of carboxylic acid groups (broad SMARTS) is 1. The molecule has 8 nitrogen and oxygen atoms in total. The molecule has 1 amide bonds. The Morgan fingerprint density at radius 3 is 2.58 bits per heavy atom. The van der Waals surface area contributed by atoms with Crippen molar-refractivity contribution >= 4 is 23.8 Å². The van der Waals surface area contributed by atoms with Crippen molar-refractivity contribution in [2.45, 2.75) is 13.0 Å². The number of nitrogens with one attached hydrogen (secondary N) is 1. The Balaban J connectivity index is 1.35. The number of rotatable bonds is 6. The number of carbonyl (C=O) groups excluding carboxylic acids is 1. The lowest BCUT2D eigenvalue weighted by molar-refractivity contribution is -0.138. The number of nitrogens with zero attached hydrogens (tertiary/aromatic N) is 3. The van der Waals surface area contributed by atoms with Crippen molar-refractivity contribution in [2.75, 3.05) is 44.7 Å². The number of amides is 1. The van der Waals surface area contributed by atoms with Gasteiger partial charge in [0.1, 0.15) is 0 Å². The molecule has 0 bridgehead atoms. The summed E-state index contributed by atoms with van der Waals surface area (Å²) in [5.74, 6) is -0.983. The highest BCUT2D eigenvalue weighted by Gasteiger charge is 2.19. The van der Waals surface area contributed by atoms with E-state index in [4.69, 9.17) is 9.84 Å². The summed E-state index contributed by atoms with van der Waals surface area (Å²) in [6.07, 6.45) is 2.55. The van der Waals surface area contributed by atoms with E-state index in [1.165, 1.54) is 0 Å². The molecule has 1 fully saturated rings. The number of fused-ring (bicyclic) bond motifs is 1. The van der Waals surface area contributed by atoms with Crippen LogP contribution in [0.4, 0.5) is 5.69 Å². The third-order valence-corrected chi connectivity index (χ3v) is 5.44. The Hall–Kier alpha value is -3.23. The minimum absolute atomic E-state index is 0.0365. The molecule has 2 heterocycles. The van der Waals surface area contributed by atoms with E-state index in [9.17, 15) is 9.59 Å². The fourth-order valence-electron chi connectivity index (χ4n) is 3.75. The fraction of sp³-hybridized carbons (Fsp3) is 0.348. The van der Waals surface area contributed by atoms with E-state index in [0.29, 0.717) is 31.9 Å². The molecule has 2 aromatic carbocycles. The van der Waals surface area contributed by atoms with Gasteiger partial charge in [0.25, 0.3) is 5.91 Å². The van der Waals surface area contributed by atoms with Crippen molar-refractivity contribution in [3.8, 4) is 0 Å². The summed E-state index contributed by atoms with van der Waals surface area (Å²) < 4.78 is 5.31. The molecule has 4 rings (SSSR count). The van der Waals surface area contributed by atoms with Gasteiger partial charge in [-0.15, -0.1) is 0 Å². The van der Waals surface area contributed by atoms with Gasteiger partial charge in [-0.2, -0.15) is 5.10 Å². The van der Waals surface area contributed by atoms with Crippen LogP contribution in [0.1, 0.15) is 27.0 Å². The van der Waals surface area contributed by atoms with Crippen molar-refractivity contribution in [3.05, 3.63) is 64.7 Å². The van der Waals surface area contributed by atoms with E-state index in [-0.39, 0.29) is 12.5 Å². The Morgan fingerprint density at radius 2 is 1.84 bits per heavy atom. The third kappa shape index (κ3) is 5.68. The average molecular weight is 422 g/mol. The second-order valence-electron chi connectivity index (χ2n) is 7.72. The summed E-state index contributed by atoms with van der Waals surface area (Å²) in [4.78, 5) is 25.5. The molecule has 0 spiro atoms. The molecular weight excluding hydrogens is 396 g/mol. The van der Waals surface area contributed by atoms with Crippen LogP contribution < -0.4 is 5.32 Å². The third-order valence-electron chi connectivity index (χ3n) is 5.44. The highest BCUT2D eigenvalue weighted by atomic mass is 16.5. The molecule has 0 saturated carbocycles. The molecule has 31 heavy (non-hydrogen) atoms. The van der Waals surface area contributed by atoms with Gasteiger partial charge < -0.3 is 15.2 Å². The fourth-order valence-corrected chi connectivity index (χ4v) is 3.75. The Bertz CT molecular complexity index is 968. The van der Waals surface area contributed by atoms with Gasteiger partial charge in [0.05, 0.1) is 39.1 Å². The van der Waals surface area contributed by atoms with Gasteiger partial charge in [-0.25, -0.2) is 0 Å². The summed E-state index contributed by atoms with van der Waals surface area (Å²) in [5, 5.41) is 18.3. The lowest BCUT2D eigenvalue weighted by atomic mass is 9.97. The van der Waals surface area contributed by atoms with Crippen LogP contribution in [0.15, 0.2) is 47.6 Å². The van der Waals surface area contributed by atoms with Gasteiger partial charge in [-0.1, -0.05) is 18.2 Å². The van der Waals surface area contributed by atoms with Crippen LogP contribution in [0, 0.1) is 0 Å². The molecule has 2 aliphatic heterocycles. The van der Waals surface area contributed by atoms with E-state index in [2.05, 4.69) is 10.4 Å². The van der Waals surface area contributed by atoms with Crippen molar-refractivity contribution in [2.24, 2.45) is 5.10 Å². The lowest BCUT2D eigenvalue weighted by Gasteiger charge is -2.27. The normalized spacial score (nSPS) is 16.8. The van der Waals surface area contributed by atoms with Gasteiger partial charge in [-0.3, -0.25) is 19.5 Å².